The summed E-state index contributed by atoms with van der Waals surface area (Å²) in [6.45, 7) is 3.63. The lowest BCUT2D eigenvalue weighted by Crippen LogP contribution is -2.32. The highest BCUT2D eigenvalue weighted by Gasteiger charge is 2.30. The molecule has 17 heavy (non-hydrogen) atoms. The van der Waals surface area contributed by atoms with Gasteiger partial charge in [-0.25, -0.2) is 0 Å². The predicted molar refractivity (Wildman–Crippen MR) is 74.5 cm³/mol. The predicted octanol–water partition coefficient (Wildman–Crippen LogP) is 4.00. The molecule has 0 spiro atoms. The molecule has 0 amide bonds. The number of hydrogen-bond donors (Lipinski definition) is 1. The van der Waals surface area contributed by atoms with Gasteiger partial charge in [-0.15, -0.1) is 11.8 Å². The lowest BCUT2D eigenvalue weighted by Gasteiger charge is -2.26. The molecule has 0 radical (unpaired) electrons. The van der Waals surface area contributed by atoms with Gasteiger partial charge in [-0.05, 0) is 29.9 Å². The van der Waals surface area contributed by atoms with Gasteiger partial charge in [0.1, 0.15) is 0 Å². The number of nitrogens with one attached hydrogen (secondary N) is 1. The van der Waals surface area contributed by atoms with E-state index >= 15 is 0 Å². The Morgan fingerprint density at radius 2 is 2.06 bits per heavy atom. The first-order chi connectivity index (χ1) is 8.27. The molecule has 1 atom stereocenters. The van der Waals surface area contributed by atoms with Gasteiger partial charge in [0.2, 0.25) is 0 Å². The molecule has 1 aromatic carbocycles. The van der Waals surface area contributed by atoms with Gasteiger partial charge in [0.25, 0.3) is 0 Å². The Morgan fingerprint density at radius 3 is 2.88 bits per heavy atom. The first kappa shape index (κ1) is 11.6. The Hall–Kier alpha value is -0.470. The molecular weight excluding hydrogens is 226 g/mol. The minimum Gasteiger partial charge on any atom is -0.309 e. The second-order valence-corrected chi connectivity index (χ2v) is 6.86. The molecule has 1 saturated carbocycles. The molecule has 1 heterocycles. The molecule has 1 aliphatic heterocycles. The highest BCUT2D eigenvalue weighted by atomic mass is 32.2. The van der Waals surface area contributed by atoms with E-state index in [9.17, 15) is 0 Å². The molecule has 0 aromatic heterocycles. The van der Waals surface area contributed by atoms with Crippen LogP contribution >= 0.6 is 11.8 Å². The number of benzene rings is 1. The Balaban J connectivity index is 1.64. The Morgan fingerprint density at radius 1 is 1.29 bits per heavy atom. The van der Waals surface area contributed by atoms with Crippen molar-refractivity contribution in [2.24, 2.45) is 5.41 Å². The molecular formula is C15H21NS. The molecule has 92 valence electrons. The van der Waals surface area contributed by atoms with E-state index in [-0.39, 0.29) is 0 Å². The number of fused-ring (bicyclic) bond motifs is 1. The molecule has 1 unspecified atom stereocenters. The van der Waals surface area contributed by atoms with Crippen molar-refractivity contribution in [1.82, 2.24) is 5.32 Å². The first-order valence-corrected chi connectivity index (χ1v) is 7.71. The fourth-order valence-corrected chi connectivity index (χ4v) is 4.30. The van der Waals surface area contributed by atoms with Crippen LogP contribution in [0.15, 0.2) is 29.2 Å². The second kappa shape index (κ2) is 4.66. The quantitative estimate of drug-likeness (QED) is 0.866. The van der Waals surface area contributed by atoms with E-state index in [0.29, 0.717) is 11.5 Å². The van der Waals surface area contributed by atoms with Crippen molar-refractivity contribution >= 4 is 11.8 Å². The first-order valence-electron chi connectivity index (χ1n) is 6.72. The summed E-state index contributed by atoms with van der Waals surface area (Å²) in [5, 5.41) is 3.80. The van der Waals surface area contributed by atoms with Crippen LogP contribution in [0.4, 0.5) is 0 Å². The molecule has 2 aliphatic rings. The number of thioether (sulfide) groups is 1. The van der Waals surface area contributed by atoms with Gasteiger partial charge in [-0.3, -0.25) is 0 Å². The highest BCUT2D eigenvalue weighted by Crippen LogP contribution is 2.40. The maximum atomic E-state index is 3.80. The van der Waals surface area contributed by atoms with Crippen LogP contribution < -0.4 is 5.32 Å². The van der Waals surface area contributed by atoms with Gasteiger partial charge in [0.05, 0.1) is 0 Å². The summed E-state index contributed by atoms with van der Waals surface area (Å²) in [7, 11) is 0. The van der Waals surface area contributed by atoms with Crippen LogP contribution in [0.1, 0.15) is 44.2 Å². The average Bonchev–Trinajstić information content (AvgIpc) is 2.94. The fourth-order valence-electron chi connectivity index (χ4n) is 3.11. The van der Waals surface area contributed by atoms with Crippen molar-refractivity contribution in [3.8, 4) is 0 Å². The third-order valence-electron chi connectivity index (χ3n) is 4.29. The maximum Gasteiger partial charge on any atom is 0.0426 e. The van der Waals surface area contributed by atoms with Gasteiger partial charge >= 0.3 is 0 Å². The van der Waals surface area contributed by atoms with Crippen LogP contribution in [-0.4, -0.2) is 12.3 Å². The van der Waals surface area contributed by atoms with Crippen molar-refractivity contribution in [2.45, 2.75) is 43.5 Å². The summed E-state index contributed by atoms with van der Waals surface area (Å²) in [5.74, 6) is 1.20. The van der Waals surface area contributed by atoms with E-state index in [2.05, 4.69) is 36.5 Å². The lowest BCUT2D eigenvalue weighted by atomic mass is 9.88. The van der Waals surface area contributed by atoms with E-state index in [1.807, 2.05) is 11.8 Å². The van der Waals surface area contributed by atoms with Crippen LogP contribution in [0.2, 0.25) is 0 Å². The summed E-state index contributed by atoms with van der Waals surface area (Å²) < 4.78 is 0. The van der Waals surface area contributed by atoms with Gasteiger partial charge in [0.15, 0.2) is 0 Å². The van der Waals surface area contributed by atoms with Gasteiger partial charge in [-0.1, -0.05) is 38.0 Å². The van der Waals surface area contributed by atoms with E-state index in [1.54, 1.807) is 0 Å². The zero-order chi connectivity index (χ0) is 11.7. The largest absolute Gasteiger partial charge is 0.309 e. The summed E-state index contributed by atoms with van der Waals surface area (Å²) in [4.78, 5) is 1.47. The SMILES string of the molecule is CC1(CNC2CSc3ccccc32)CCCC1. The minimum atomic E-state index is 0.558. The molecule has 1 N–H and O–H groups in total. The van der Waals surface area contributed by atoms with E-state index in [1.165, 1.54) is 48.4 Å². The molecule has 1 nitrogen and oxygen atoms in total. The molecule has 2 heteroatoms. The van der Waals surface area contributed by atoms with Crippen LogP contribution in [0, 0.1) is 5.41 Å². The van der Waals surface area contributed by atoms with E-state index < -0.39 is 0 Å². The third kappa shape index (κ3) is 2.38. The molecule has 0 bridgehead atoms. The molecule has 0 saturated heterocycles. The third-order valence-corrected chi connectivity index (χ3v) is 5.47. The number of hydrogen-bond acceptors (Lipinski definition) is 2. The normalized spacial score (nSPS) is 26.1. The van der Waals surface area contributed by atoms with E-state index in [4.69, 9.17) is 0 Å². The Labute approximate surface area is 108 Å². The average molecular weight is 247 g/mol. The second-order valence-electron chi connectivity index (χ2n) is 5.80. The van der Waals surface area contributed by atoms with Crippen molar-refractivity contribution in [1.29, 1.82) is 0 Å². The van der Waals surface area contributed by atoms with Crippen molar-refractivity contribution < 1.29 is 0 Å². The summed E-state index contributed by atoms with van der Waals surface area (Å²) in [5.41, 5.74) is 2.07. The van der Waals surface area contributed by atoms with Gasteiger partial charge in [0, 0.05) is 23.2 Å². The fraction of sp³-hybridized carbons (Fsp3) is 0.600. The number of rotatable bonds is 3. The zero-order valence-electron chi connectivity index (χ0n) is 10.5. The molecule has 1 fully saturated rings. The van der Waals surface area contributed by atoms with Crippen LogP contribution in [-0.2, 0) is 0 Å². The monoisotopic (exact) mass is 247 g/mol. The van der Waals surface area contributed by atoms with Gasteiger partial charge < -0.3 is 5.32 Å². The lowest BCUT2D eigenvalue weighted by molar-refractivity contribution is 0.303. The van der Waals surface area contributed by atoms with Crippen LogP contribution in [0.5, 0.6) is 0 Å². The zero-order valence-corrected chi connectivity index (χ0v) is 11.4. The summed E-state index contributed by atoms with van der Waals surface area (Å²) >= 11 is 1.99. The molecule has 1 aromatic rings. The minimum absolute atomic E-state index is 0.558. The smallest absolute Gasteiger partial charge is 0.0426 e. The van der Waals surface area contributed by atoms with Crippen LogP contribution in [0.25, 0.3) is 0 Å². The Bertz CT molecular complexity index is 396. The molecule has 1 aliphatic carbocycles. The van der Waals surface area contributed by atoms with Crippen molar-refractivity contribution in [3.63, 3.8) is 0 Å². The van der Waals surface area contributed by atoms with Gasteiger partial charge in [-0.2, -0.15) is 0 Å². The summed E-state index contributed by atoms with van der Waals surface area (Å²) in [6.07, 6.45) is 5.66. The topological polar surface area (TPSA) is 12.0 Å². The Kier molecular flexibility index (Phi) is 3.18. The highest BCUT2D eigenvalue weighted by molar-refractivity contribution is 7.99. The van der Waals surface area contributed by atoms with Crippen molar-refractivity contribution in [3.05, 3.63) is 29.8 Å². The standard InChI is InChI=1S/C15H21NS/c1-15(8-4-5-9-15)11-16-13-10-17-14-7-3-2-6-12(13)14/h2-3,6-7,13,16H,4-5,8-11H2,1H3. The van der Waals surface area contributed by atoms with Crippen molar-refractivity contribution in [2.75, 3.05) is 12.3 Å². The summed E-state index contributed by atoms with van der Waals surface area (Å²) in [6, 6.07) is 9.42. The molecule has 3 rings (SSSR count). The van der Waals surface area contributed by atoms with Crippen LogP contribution in [0.3, 0.4) is 0 Å². The maximum absolute atomic E-state index is 3.80. The van der Waals surface area contributed by atoms with E-state index in [0.717, 1.165) is 0 Å².